The summed E-state index contributed by atoms with van der Waals surface area (Å²) in [6.45, 7) is 0. The van der Waals surface area contributed by atoms with Crippen molar-refractivity contribution in [3.05, 3.63) is 35.4 Å². The zero-order valence-corrected chi connectivity index (χ0v) is 7.46. The van der Waals surface area contributed by atoms with Gasteiger partial charge < -0.3 is 2.85 Å². The summed E-state index contributed by atoms with van der Waals surface area (Å²) in [5, 5.41) is 0. The fourth-order valence-electron chi connectivity index (χ4n) is 0.699. The monoisotopic (exact) mass is 142 g/mol. The van der Waals surface area contributed by atoms with E-state index in [4.69, 9.17) is 12.8 Å². The van der Waals surface area contributed by atoms with Crippen LogP contribution >= 0.6 is 0 Å². The van der Waals surface area contributed by atoms with Crippen molar-refractivity contribution < 1.29 is 40.6 Å². The van der Waals surface area contributed by atoms with Gasteiger partial charge >= 0.3 is 37.7 Å². The van der Waals surface area contributed by atoms with Crippen molar-refractivity contribution >= 4 is 0 Å². The van der Waals surface area contributed by atoms with Crippen molar-refractivity contribution in [2.45, 2.75) is 0 Å². The maximum atomic E-state index is 5.15. The van der Waals surface area contributed by atoms with E-state index in [9.17, 15) is 0 Å². The second-order valence-corrected chi connectivity index (χ2v) is 1.87. The van der Waals surface area contributed by atoms with Crippen molar-refractivity contribution in [3.8, 4) is 24.7 Å². The average Bonchev–Trinajstić information content (AvgIpc) is 2.05. The Balaban J connectivity index is -0.000000125. The Morgan fingerprint density at radius 3 is 1.75 bits per heavy atom. The molecule has 0 atom stereocenters. The minimum Gasteiger partial charge on any atom is -1.00 e. The van der Waals surface area contributed by atoms with E-state index in [-0.39, 0.29) is 40.6 Å². The predicted molar refractivity (Wildman–Crippen MR) is 44.5 cm³/mol. The van der Waals surface area contributed by atoms with Gasteiger partial charge in [-0.2, -0.15) is 0 Å². The maximum Gasteiger partial charge on any atom is 1.00 e. The van der Waals surface area contributed by atoms with E-state index >= 15 is 0 Å². The molecule has 0 aromatic heterocycles. The first-order valence-electron chi connectivity index (χ1n) is 2.90. The molecule has 0 spiro atoms. The molecule has 0 bridgehead atoms. The van der Waals surface area contributed by atoms with Gasteiger partial charge in [0.15, 0.2) is 0 Å². The molecule has 0 saturated heterocycles. The van der Waals surface area contributed by atoms with Crippen LogP contribution in [0.1, 0.15) is 14.0 Å². The second-order valence-electron chi connectivity index (χ2n) is 1.87. The molecule has 0 aliphatic heterocycles. The van der Waals surface area contributed by atoms with Crippen molar-refractivity contribution in [3.63, 3.8) is 0 Å². The van der Waals surface area contributed by atoms with E-state index in [0.717, 1.165) is 11.1 Å². The molecule has 1 aromatic carbocycles. The summed E-state index contributed by atoms with van der Waals surface area (Å²) in [7, 11) is 0. The molecule has 0 aliphatic rings. The molecule has 0 N–H and O–H groups in total. The third kappa shape index (κ3) is 3.79. The molecular formula is C10H8Li2. The molecule has 0 aliphatic carbocycles. The molecule has 12 heavy (non-hydrogen) atoms. The summed E-state index contributed by atoms with van der Waals surface area (Å²) in [5.41, 5.74) is 1.66. The topological polar surface area (TPSA) is 0 Å². The van der Waals surface area contributed by atoms with Crippen LogP contribution in [0, 0.1) is 24.7 Å². The van der Waals surface area contributed by atoms with Gasteiger partial charge in [-0.1, -0.05) is 17.9 Å². The van der Waals surface area contributed by atoms with Crippen molar-refractivity contribution in [1.29, 1.82) is 0 Å². The quantitative estimate of drug-likeness (QED) is 0.255. The molecule has 0 unspecified atom stereocenters. The molecule has 1 rings (SSSR count). The van der Waals surface area contributed by atoms with Gasteiger partial charge in [0.1, 0.15) is 0 Å². The van der Waals surface area contributed by atoms with Gasteiger partial charge in [0.05, 0.1) is 0 Å². The zero-order valence-electron chi connectivity index (χ0n) is 9.46. The molecule has 0 radical (unpaired) electrons. The normalized spacial score (nSPS) is 6.50. The standard InChI is InChI=1S/C10H6.2Li.2H/c1-3-9-6-5-7-10(4-2)8-9;;;;/h1-2,5-8H;;;;/q;2*+1;2*-1. The summed E-state index contributed by atoms with van der Waals surface area (Å²) >= 11 is 0. The predicted octanol–water partition coefficient (Wildman–Crippen LogP) is -4.12. The van der Waals surface area contributed by atoms with Crippen LogP contribution in [0.25, 0.3) is 0 Å². The van der Waals surface area contributed by atoms with Crippen LogP contribution in [0.3, 0.4) is 0 Å². The molecule has 0 heterocycles. The van der Waals surface area contributed by atoms with Crippen LogP contribution in [0.15, 0.2) is 24.3 Å². The average molecular weight is 142 g/mol. The molecule has 1 aromatic rings. The summed E-state index contributed by atoms with van der Waals surface area (Å²) in [6, 6.07) is 7.35. The number of hydrogen-bond acceptors (Lipinski definition) is 0. The first-order chi connectivity index (χ1) is 4.86. The minimum absolute atomic E-state index is 0. The molecule has 0 saturated carbocycles. The Hall–Kier alpha value is -0.465. The zero-order chi connectivity index (χ0) is 7.40. The van der Waals surface area contributed by atoms with Crippen molar-refractivity contribution in [2.75, 3.05) is 0 Å². The Morgan fingerprint density at radius 1 is 1.00 bits per heavy atom. The SMILES string of the molecule is C#Cc1cccc(C#C)c1.[H-].[H-].[Li+].[Li+]. The Bertz CT molecular complexity index is 294. The summed E-state index contributed by atoms with van der Waals surface area (Å²) in [6.07, 6.45) is 10.3. The Morgan fingerprint density at radius 2 is 1.42 bits per heavy atom. The van der Waals surface area contributed by atoms with Gasteiger partial charge in [-0.05, 0) is 18.2 Å². The van der Waals surface area contributed by atoms with Gasteiger partial charge in [0, 0.05) is 11.1 Å². The summed E-state index contributed by atoms with van der Waals surface area (Å²) < 4.78 is 0. The molecule has 0 amide bonds. The van der Waals surface area contributed by atoms with Crippen LogP contribution in [0.5, 0.6) is 0 Å². The van der Waals surface area contributed by atoms with Crippen LogP contribution in [0.2, 0.25) is 0 Å². The molecular weight excluding hydrogens is 134 g/mol. The van der Waals surface area contributed by atoms with Gasteiger partial charge in [0.2, 0.25) is 0 Å². The first kappa shape index (κ1) is 14.1. The molecule has 2 heteroatoms. The molecule has 0 fully saturated rings. The Kier molecular flexibility index (Phi) is 8.45. The smallest absolute Gasteiger partial charge is 1.00 e. The maximum absolute atomic E-state index is 5.15. The molecule has 50 valence electrons. The van der Waals surface area contributed by atoms with Crippen molar-refractivity contribution in [2.24, 2.45) is 0 Å². The fourth-order valence-corrected chi connectivity index (χ4v) is 0.699. The van der Waals surface area contributed by atoms with Gasteiger partial charge in [-0.25, -0.2) is 0 Å². The van der Waals surface area contributed by atoms with Gasteiger partial charge in [-0.3, -0.25) is 0 Å². The van der Waals surface area contributed by atoms with E-state index in [1.54, 1.807) is 6.07 Å². The number of hydrogen-bond donors (Lipinski definition) is 0. The van der Waals surface area contributed by atoms with E-state index in [1.807, 2.05) is 18.2 Å². The van der Waals surface area contributed by atoms with Gasteiger partial charge in [0.25, 0.3) is 0 Å². The van der Waals surface area contributed by atoms with E-state index in [1.165, 1.54) is 0 Å². The van der Waals surface area contributed by atoms with E-state index in [0.29, 0.717) is 0 Å². The van der Waals surface area contributed by atoms with Crippen LogP contribution < -0.4 is 37.7 Å². The number of benzene rings is 1. The number of rotatable bonds is 0. The van der Waals surface area contributed by atoms with Crippen molar-refractivity contribution in [1.82, 2.24) is 0 Å². The molecule has 0 nitrogen and oxygen atoms in total. The Labute approximate surface area is 100 Å². The van der Waals surface area contributed by atoms with E-state index in [2.05, 4.69) is 11.8 Å². The third-order valence-electron chi connectivity index (χ3n) is 1.20. The summed E-state index contributed by atoms with van der Waals surface area (Å²) in [5.74, 6) is 5.01. The third-order valence-corrected chi connectivity index (χ3v) is 1.20. The number of terminal acetylenes is 2. The summed E-state index contributed by atoms with van der Waals surface area (Å²) in [4.78, 5) is 0. The van der Waals surface area contributed by atoms with Gasteiger partial charge in [-0.15, -0.1) is 12.8 Å². The fraction of sp³-hybridized carbons (Fsp3) is 0. The van der Waals surface area contributed by atoms with Crippen LogP contribution in [0.4, 0.5) is 0 Å². The van der Waals surface area contributed by atoms with Crippen LogP contribution in [-0.2, 0) is 0 Å². The van der Waals surface area contributed by atoms with Crippen LogP contribution in [-0.4, -0.2) is 0 Å². The minimum atomic E-state index is 0. The second kappa shape index (κ2) is 7.20. The largest absolute Gasteiger partial charge is 1.00 e. The first-order valence-corrected chi connectivity index (χ1v) is 2.90. The van der Waals surface area contributed by atoms with E-state index < -0.39 is 0 Å².